The monoisotopic (exact) mass is 373 g/mol. The summed E-state index contributed by atoms with van der Waals surface area (Å²) in [6.45, 7) is 7.08. The Morgan fingerprint density at radius 1 is 1.30 bits per heavy atom. The van der Waals surface area contributed by atoms with Crippen LogP contribution in [0, 0.1) is 5.92 Å². The van der Waals surface area contributed by atoms with E-state index in [1.807, 2.05) is 31.2 Å². The molecule has 27 heavy (non-hydrogen) atoms. The van der Waals surface area contributed by atoms with Gasteiger partial charge in [0, 0.05) is 25.2 Å². The van der Waals surface area contributed by atoms with Gasteiger partial charge in [0.05, 0.1) is 12.5 Å². The molecule has 0 radical (unpaired) electrons. The number of carbonyl (C=O) groups is 1. The van der Waals surface area contributed by atoms with Crippen molar-refractivity contribution >= 4 is 11.9 Å². The molecule has 2 rings (SSSR count). The predicted molar refractivity (Wildman–Crippen MR) is 108 cm³/mol. The van der Waals surface area contributed by atoms with Gasteiger partial charge in [0.15, 0.2) is 5.96 Å². The number of nitrogens with one attached hydrogen (secondary N) is 2. The Balaban J connectivity index is 1.82. The second-order valence-corrected chi connectivity index (χ2v) is 6.58. The van der Waals surface area contributed by atoms with Gasteiger partial charge in [-0.2, -0.15) is 0 Å². The van der Waals surface area contributed by atoms with Crippen LogP contribution in [-0.4, -0.2) is 38.2 Å². The molecule has 148 valence electrons. The lowest BCUT2D eigenvalue weighted by Gasteiger charge is -2.29. The van der Waals surface area contributed by atoms with Gasteiger partial charge in [0.1, 0.15) is 12.4 Å². The van der Waals surface area contributed by atoms with Crippen molar-refractivity contribution in [2.45, 2.75) is 45.2 Å². The van der Waals surface area contributed by atoms with Crippen molar-refractivity contribution in [2.75, 3.05) is 20.3 Å². The molecule has 1 aromatic carbocycles. The third-order valence-corrected chi connectivity index (χ3v) is 4.69. The molecule has 1 aliphatic carbocycles. The molecule has 1 aliphatic rings. The average Bonchev–Trinajstić information content (AvgIpc) is 2.70. The highest BCUT2D eigenvalue weighted by molar-refractivity contribution is 5.80. The normalized spacial score (nSPS) is 19.9. The third kappa shape index (κ3) is 6.62. The zero-order valence-electron chi connectivity index (χ0n) is 16.4. The number of hydrogen-bond acceptors (Lipinski definition) is 4. The summed E-state index contributed by atoms with van der Waals surface area (Å²) in [6.07, 6.45) is 5.31. The Morgan fingerprint density at radius 2 is 2.04 bits per heavy atom. The van der Waals surface area contributed by atoms with Crippen LogP contribution in [0.2, 0.25) is 0 Å². The van der Waals surface area contributed by atoms with Crippen LogP contribution < -0.4 is 15.4 Å². The smallest absolute Gasteiger partial charge is 0.308 e. The molecule has 0 unspecified atom stereocenters. The van der Waals surface area contributed by atoms with Crippen molar-refractivity contribution in [2.24, 2.45) is 10.9 Å². The molecular formula is C21H31N3O3. The van der Waals surface area contributed by atoms with Crippen LogP contribution in [-0.2, 0) is 16.1 Å². The largest absolute Gasteiger partial charge is 0.489 e. The highest BCUT2D eigenvalue weighted by atomic mass is 16.5. The van der Waals surface area contributed by atoms with E-state index in [9.17, 15) is 4.79 Å². The Kier molecular flexibility index (Phi) is 8.68. The number of para-hydroxylation sites is 1. The lowest BCUT2D eigenvalue weighted by molar-refractivity contribution is -0.149. The first-order valence-corrected chi connectivity index (χ1v) is 9.63. The molecule has 0 spiro atoms. The van der Waals surface area contributed by atoms with Gasteiger partial charge in [-0.05, 0) is 38.7 Å². The van der Waals surface area contributed by atoms with E-state index in [1.54, 1.807) is 13.1 Å². The molecule has 0 amide bonds. The molecule has 1 saturated carbocycles. The first-order chi connectivity index (χ1) is 13.2. The van der Waals surface area contributed by atoms with Crippen LogP contribution in [0.5, 0.6) is 5.75 Å². The molecule has 6 nitrogen and oxygen atoms in total. The van der Waals surface area contributed by atoms with E-state index < -0.39 is 0 Å². The maximum absolute atomic E-state index is 11.9. The average molecular weight is 373 g/mol. The van der Waals surface area contributed by atoms with E-state index in [-0.39, 0.29) is 11.9 Å². The van der Waals surface area contributed by atoms with Gasteiger partial charge < -0.3 is 20.1 Å². The second kappa shape index (κ2) is 11.3. The van der Waals surface area contributed by atoms with Crippen LogP contribution in [0.1, 0.15) is 38.2 Å². The SMILES string of the molecule is C=CCOc1ccccc1CNC(=NC)NC1CCC(C(=O)OCC)CC1. The summed E-state index contributed by atoms with van der Waals surface area (Å²) in [5, 5.41) is 6.81. The summed E-state index contributed by atoms with van der Waals surface area (Å²) in [6, 6.07) is 8.24. The van der Waals surface area contributed by atoms with E-state index in [4.69, 9.17) is 9.47 Å². The fourth-order valence-corrected chi connectivity index (χ4v) is 3.24. The lowest BCUT2D eigenvalue weighted by atomic mass is 9.86. The van der Waals surface area contributed by atoms with Crippen molar-refractivity contribution in [3.63, 3.8) is 0 Å². The molecule has 0 aromatic heterocycles. The third-order valence-electron chi connectivity index (χ3n) is 4.69. The Bertz CT molecular complexity index is 637. The molecule has 6 heteroatoms. The minimum absolute atomic E-state index is 0.0341. The topological polar surface area (TPSA) is 72.0 Å². The number of hydrogen-bond donors (Lipinski definition) is 2. The van der Waals surface area contributed by atoms with Gasteiger partial charge in [0.2, 0.25) is 0 Å². The fourth-order valence-electron chi connectivity index (χ4n) is 3.24. The summed E-state index contributed by atoms with van der Waals surface area (Å²) >= 11 is 0. The molecule has 0 bridgehead atoms. The van der Waals surface area contributed by atoms with Crippen molar-refractivity contribution in [3.8, 4) is 5.75 Å². The van der Waals surface area contributed by atoms with Gasteiger partial charge in [-0.3, -0.25) is 9.79 Å². The van der Waals surface area contributed by atoms with E-state index >= 15 is 0 Å². The Hall–Kier alpha value is -2.50. The molecule has 0 atom stereocenters. The molecule has 1 fully saturated rings. The zero-order chi connectivity index (χ0) is 19.5. The molecule has 1 aromatic rings. The molecule has 0 saturated heterocycles. The summed E-state index contributed by atoms with van der Waals surface area (Å²) in [7, 11) is 1.76. The fraction of sp³-hybridized carbons (Fsp3) is 0.524. The summed E-state index contributed by atoms with van der Waals surface area (Å²) in [5.41, 5.74) is 1.06. The van der Waals surface area contributed by atoms with Crippen molar-refractivity contribution in [1.29, 1.82) is 0 Å². The summed E-state index contributed by atoms with van der Waals surface area (Å²) < 4.78 is 10.8. The number of nitrogens with zero attached hydrogens (tertiary/aromatic N) is 1. The number of aliphatic imine (C=N–C) groups is 1. The summed E-state index contributed by atoms with van der Waals surface area (Å²) in [4.78, 5) is 16.2. The number of rotatable bonds is 8. The van der Waals surface area contributed by atoms with Gasteiger partial charge >= 0.3 is 5.97 Å². The summed E-state index contributed by atoms with van der Waals surface area (Å²) in [5.74, 6) is 1.57. The quantitative estimate of drug-likeness (QED) is 0.317. The van der Waals surface area contributed by atoms with Crippen LogP contribution in [0.25, 0.3) is 0 Å². The van der Waals surface area contributed by atoms with Gasteiger partial charge in [-0.15, -0.1) is 0 Å². The van der Waals surface area contributed by atoms with Crippen molar-refractivity contribution in [1.82, 2.24) is 10.6 Å². The number of ether oxygens (including phenoxy) is 2. The van der Waals surface area contributed by atoms with E-state index in [2.05, 4.69) is 22.2 Å². The van der Waals surface area contributed by atoms with Crippen LogP contribution in [0.15, 0.2) is 41.9 Å². The van der Waals surface area contributed by atoms with Gasteiger partial charge in [-0.25, -0.2) is 0 Å². The van der Waals surface area contributed by atoms with E-state index in [0.29, 0.717) is 25.8 Å². The maximum Gasteiger partial charge on any atom is 0.308 e. The molecule has 0 aliphatic heterocycles. The molecule has 2 N–H and O–H groups in total. The van der Waals surface area contributed by atoms with Gasteiger partial charge in [0.25, 0.3) is 0 Å². The van der Waals surface area contributed by atoms with E-state index in [0.717, 1.165) is 43.0 Å². The number of carbonyl (C=O) groups excluding carboxylic acids is 1. The zero-order valence-corrected chi connectivity index (χ0v) is 16.4. The van der Waals surface area contributed by atoms with Crippen molar-refractivity contribution < 1.29 is 14.3 Å². The van der Waals surface area contributed by atoms with Crippen LogP contribution in [0.4, 0.5) is 0 Å². The highest BCUT2D eigenvalue weighted by Gasteiger charge is 2.27. The lowest BCUT2D eigenvalue weighted by Crippen LogP contribution is -2.45. The van der Waals surface area contributed by atoms with Gasteiger partial charge in [-0.1, -0.05) is 30.9 Å². The number of benzene rings is 1. The maximum atomic E-state index is 11.9. The standard InChI is InChI=1S/C21H31N3O3/c1-4-14-27-19-9-7-6-8-17(19)15-23-21(22-3)24-18-12-10-16(11-13-18)20(25)26-5-2/h4,6-9,16,18H,1,5,10-15H2,2-3H3,(H2,22,23,24). The van der Waals surface area contributed by atoms with Crippen molar-refractivity contribution in [3.05, 3.63) is 42.5 Å². The minimum Gasteiger partial charge on any atom is -0.489 e. The number of esters is 1. The molecule has 0 heterocycles. The Labute approximate surface area is 162 Å². The first-order valence-electron chi connectivity index (χ1n) is 9.63. The predicted octanol–water partition coefficient (Wildman–Crippen LogP) is 3.04. The van der Waals surface area contributed by atoms with E-state index in [1.165, 1.54) is 0 Å². The second-order valence-electron chi connectivity index (χ2n) is 6.58. The first kappa shape index (κ1) is 20.8. The highest BCUT2D eigenvalue weighted by Crippen LogP contribution is 2.25. The van der Waals surface area contributed by atoms with Crippen LogP contribution >= 0.6 is 0 Å². The minimum atomic E-state index is -0.0606. The molecular weight excluding hydrogens is 342 g/mol. The Morgan fingerprint density at radius 3 is 2.70 bits per heavy atom. The number of guanidine groups is 1. The van der Waals surface area contributed by atoms with Crippen LogP contribution in [0.3, 0.4) is 0 Å².